The van der Waals surface area contributed by atoms with E-state index in [2.05, 4.69) is 0 Å². The number of nitrogens with zero attached hydrogens (tertiary/aromatic N) is 1. The average molecular weight is 355 g/mol. The van der Waals surface area contributed by atoms with Crippen molar-refractivity contribution < 1.29 is 18.3 Å². The first-order valence-electron chi connectivity index (χ1n) is 8.48. The predicted molar refractivity (Wildman–Crippen MR) is 98.5 cm³/mol. The van der Waals surface area contributed by atoms with Gasteiger partial charge in [0.05, 0.1) is 6.04 Å². The van der Waals surface area contributed by atoms with Crippen LogP contribution in [-0.4, -0.2) is 23.5 Å². The second-order valence-electron chi connectivity index (χ2n) is 6.84. The van der Waals surface area contributed by atoms with Crippen molar-refractivity contribution in [3.05, 3.63) is 66.2 Å². The van der Waals surface area contributed by atoms with Crippen LogP contribution in [0.5, 0.6) is 5.75 Å². The molecule has 1 unspecified atom stereocenters. The average Bonchev–Trinajstić information content (AvgIpc) is 3.05. The van der Waals surface area contributed by atoms with Gasteiger partial charge in [0.1, 0.15) is 22.9 Å². The van der Waals surface area contributed by atoms with Crippen LogP contribution in [0, 0.1) is 5.82 Å². The van der Waals surface area contributed by atoms with Crippen LogP contribution in [0.25, 0.3) is 11.0 Å². The van der Waals surface area contributed by atoms with Crippen LogP contribution in [0.1, 0.15) is 32.6 Å². The summed E-state index contributed by atoms with van der Waals surface area (Å²) >= 11 is 0. The number of para-hydroxylation sites is 1. The number of hydrogen-bond acceptors (Lipinski definition) is 3. The first-order valence-corrected chi connectivity index (χ1v) is 8.48. The number of carbonyl (C=O) groups excluding carboxylic acids is 1. The summed E-state index contributed by atoms with van der Waals surface area (Å²) in [4.78, 5) is 14.5. The van der Waals surface area contributed by atoms with E-state index in [1.807, 2.05) is 37.3 Å². The van der Waals surface area contributed by atoms with Crippen molar-refractivity contribution in [2.45, 2.75) is 32.4 Å². The molecule has 136 valence electrons. The molecule has 0 saturated carbocycles. The second kappa shape index (κ2) is 6.83. The molecule has 5 heteroatoms. The molecular weight excluding hydrogens is 333 g/mol. The number of carbonyl (C=O) groups is 1. The van der Waals surface area contributed by atoms with Gasteiger partial charge in [0.15, 0.2) is 5.60 Å². The van der Waals surface area contributed by atoms with Crippen LogP contribution in [0.3, 0.4) is 0 Å². The van der Waals surface area contributed by atoms with Gasteiger partial charge < -0.3 is 14.1 Å². The molecule has 3 aromatic rings. The minimum Gasteiger partial charge on any atom is -0.478 e. The molecule has 1 heterocycles. The van der Waals surface area contributed by atoms with E-state index in [4.69, 9.17) is 9.15 Å². The molecule has 0 saturated heterocycles. The van der Waals surface area contributed by atoms with Gasteiger partial charge in [-0.3, -0.25) is 4.79 Å². The number of ether oxygens (including phenoxy) is 1. The van der Waals surface area contributed by atoms with Crippen LogP contribution >= 0.6 is 0 Å². The monoisotopic (exact) mass is 355 g/mol. The summed E-state index contributed by atoms with van der Waals surface area (Å²) in [5.41, 5.74) is -0.315. The smallest absolute Gasteiger partial charge is 0.266 e. The summed E-state index contributed by atoms with van der Waals surface area (Å²) in [7, 11) is 1.72. The third-order valence-corrected chi connectivity index (χ3v) is 4.46. The van der Waals surface area contributed by atoms with Crippen LogP contribution in [0.2, 0.25) is 0 Å². The maximum atomic E-state index is 13.0. The molecule has 0 N–H and O–H groups in total. The summed E-state index contributed by atoms with van der Waals surface area (Å²) in [5, 5.41) is 0.997. The number of likely N-dealkylation sites (N-methyl/N-ethyl adjacent to an activating group) is 1. The molecule has 0 aliphatic carbocycles. The highest BCUT2D eigenvalue weighted by Crippen LogP contribution is 2.29. The van der Waals surface area contributed by atoms with Gasteiger partial charge >= 0.3 is 0 Å². The number of furan rings is 1. The van der Waals surface area contributed by atoms with Gasteiger partial charge in [-0.1, -0.05) is 18.2 Å². The third kappa shape index (κ3) is 3.57. The van der Waals surface area contributed by atoms with Gasteiger partial charge in [-0.05, 0) is 57.2 Å². The highest BCUT2D eigenvalue weighted by Gasteiger charge is 2.35. The lowest BCUT2D eigenvalue weighted by molar-refractivity contribution is -0.146. The van der Waals surface area contributed by atoms with Crippen LogP contribution in [0.15, 0.2) is 59.0 Å². The van der Waals surface area contributed by atoms with E-state index in [9.17, 15) is 9.18 Å². The molecule has 0 spiro atoms. The van der Waals surface area contributed by atoms with Crippen molar-refractivity contribution in [2.75, 3.05) is 7.05 Å². The van der Waals surface area contributed by atoms with Crippen molar-refractivity contribution in [1.29, 1.82) is 0 Å². The fraction of sp³-hybridized carbons (Fsp3) is 0.286. The SMILES string of the molecule is CC(c1cc2ccccc2o1)N(C)C(=O)C(C)(C)Oc1ccc(F)cc1. The van der Waals surface area contributed by atoms with Crippen molar-refractivity contribution in [2.24, 2.45) is 0 Å². The van der Waals surface area contributed by atoms with Crippen molar-refractivity contribution in [1.82, 2.24) is 4.90 Å². The molecule has 3 rings (SSSR count). The Labute approximate surface area is 152 Å². The zero-order valence-corrected chi connectivity index (χ0v) is 15.3. The number of hydrogen-bond donors (Lipinski definition) is 0. The van der Waals surface area contributed by atoms with E-state index in [-0.39, 0.29) is 17.8 Å². The Balaban J connectivity index is 1.77. The maximum absolute atomic E-state index is 13.0. The fourth-order valence-electron chi connectivity index (χ4n) is 2.84. The largest absolute Gasteiger partial charge is 0.478 e. The van der Waals surface area contributed by atoms with E-state index in [1.54, 1.807) is 25.8 Å². The zero-order valence-electron chi connectivity index (χ0n) is 15.3. The summed E-state index contributed by atoms with van der Waals surface area (Å²) in [6.45, 7) is 5.30. The molecule has 0 aliphatic heterocycles. The van der Waals surface area contributed by atoms with Crippen LogP contribution < -0.4 is 4.74 Å². The topological polar surface area (TPSA) is 42.7 Å². The number of rotatable bonds is 5. The first kappa shape index (κ1) is 18.0. The number of halogens is 1. The van der Waals surface area contributed by atoms with Gasteiger partial charge in [-0.2, -0.15) is 0 Å². The lowest BCUT2D eigenvalue weighted by atomic mass is 10.1. The Kier molecular flexibility index (Phi) is 4.72. The normalized spacial score (nSPS) is 12.8. The Morgan fingerprint density at radius 2 is 1.81 bits per heavy atom. The molecule has 1 atom stereocenters. The molecular formula is C21H22FNO3. The van der Waals surface area contributed by atoms with E-state index < -0.39 is 5.60 Å². The highest BCUT2D eigenvalue weighted by atomic mass is 19.1. The maximum Gasteiger partial charge on any atom is 0.266 e. The van der Waals surface area contributed by atoms with Crippen molar-refractivity contribution in [3.63, 3.8) is 0 Å². The summed E-state index contributed by atoms with van der Waals surface area (Å²) in [6, 6.07) is 15.0. The fourth-order valence-corrected chi connectivity index (χ4v) is 2.84. The van der Waals surface area contributed by atoms with Crippen molar-refractivity contribution >= 4 is 16.9 Å². The molecule has 1 aromatic heterocycles. The third-order valence-electron chi connectivity index (χ3n) is 4.46. The van der Waals surface area contributed by atoms with Gasteiger partial charge in [-0.15, -0.1) is 0 Å². The number of benzene rings is 2. The van der Waals surface area contributed by atoms with Crippen molar-refractivity contribution in [3.8, 4) is 5.75 Å². The summed E-state index contributed by atoms with van der Waals surface area (Å²) < 4.78 is 24.7. The Morgan fingerprint density at radius 1 is 1.15 bits per heavy atom. The lowest BCUT2D eigenvalue weighted by Gasteiger charge is -2.32. The standard InChI is InChI=1S/C21H22FNO3/c1-14(19-13-15-7-5-6-8-18(15)25-19)23(4)20(24)21(2,3)26-17-11-9-16(22)10-12-17/h5-14H,1-4H3. The zero-order chi connectivity index (χ0) is 18.9. The number of fused-ring (bicyclic) bond motifs is 1. The predicted octanol–water partition coefficient (Wildman–Crippen LogP) is 4.95. The summed E-state index contributed by atoms with van der Waals surface area (Å²) in [5.74, 6) is 0.598. The Morgan fingerprint density at radius 3 is 2.46 bits per heavy atom. The highest BCUT2D eigenvalue weighted by molar-refractivity contribution is 5.85. The minimum absolute atomic E-state index is 0.199. The minimum atomic E-state index is -1.10. The number of amides is 1. The Hall–Kier alpha value is -2.82. The van der Waals surface area contributed by atoms with E-state index in [1.165, 1.54) is 24.3 Å². The molecule has 0 aliphatic rings. The Bertz CT molecular complexity index is 881. The molecule has 0 radical (unpaired) electrons. The van der Waals surface area contributed by atoms with Crippen LogP contribution in [-0.2, 0) is 4.79 Å². The summed E-state index contributed by atoms with van der Waals surface area (Å²) in [6.07, 6.45) is 0. The lowest BCUT2D eigenvalue weighted by Crippen LogP contribution is -2.48. The van der Waals surface area contributed by atoms with Gasteiger partial charge in [0, 0.05) is 12.4 Å². The van der Waals surface area contributed by atoms with E-state index in [0.29, 0.717) is 11.5 Å². The van der Waals surface area contributed by atoms with Gasteiger partial charge in [-0.25, -0.2) is 4.39 Å². The molecule has 0 bridgehead atoms. The second-order valence-corrected chi connectivity index (χ2v) is 6.84. The molecule has 4 nitrogen and oxygen atoms in total. The van der Waals surface area contributed by atoms with E-state index in [0.717, 1.165) is 11.0 Å². The van der Waals surface area contributed by atoms with Gasteiger partial charge in [0.2, 0.25) is 0 Å². The quantitative estimate of drug-likeness (QED) is 0.650. The van der Waals surface area contributed by atoms with E-state index >= 15 is 0 Å². The molecule has 0 fully saturated rings. The molecule has 2 aromatic carbocycles. The molecule has 26 heavy (non-hydrogen) atoms. The molecule has 1 amide bonds. The van der Waals surface area contributed by atoms with Gasteiger partial charge in [0.25, 0.3) is 5.91 Å². The van der Waals surface area contributed by atoms with Crippen LogP contribution in [0.4, 0.5) is 4.39 Å². The first-order chi connectivity index (χ1) is 12.3.